The third kappa shape index (κ3) is 4.13. The quantitative estimate of drug-likeness (QED) is 0.533. The number of hydrogen-bond acceptors (Lipinski definition) is 7. The highest BCUT2D eigenvalue weighted by Crippen LogP contribution is 2.33. The van der Waals surface area contributed by atoms with Crippen molar-refractivity contribution in [3.8, 4) is 11.6 Å². The van der Waals surface area contributed by atoms with Crippen molar-refractivity contribution in [1.82, 2.24) is 19.9 Å². The monoisotopic (exact) mass is 425 g/mol. The molecule has 1 atom stereocenters. The molecular formula is C22H27N5O4. The van der Waals surface area contributed by atoms with Crippen LogP contribution in [0.4, 0.5) is 11.6 Å². The molecule has 1 aliphatic heterocycles. The minimum Gasteiger partial charge on any atom is -0.495 e. The van der Waals surface area contributed by atoms with Gasteiger partial charge in [0.1, 0.15) is 11.4 Å². The van der Waals surface area contributed by atoms with Crippen molar-refractivity contribution >= 4 is 28.6 Å². The Hall–Kier alpha value is -3.33. The number of methoxy groups -OCH3 is 1. The van der Waals surface area contributed by atoms with Crippen LogP contribution in [-0.4, -0.2) is 64.3 Å². The predicted octanol–water partition coefficient (Wildman–Crippen LogP) is 2.95. The molecule has 1 unspecified atom stereocenters. The Morgan fingerprint density at radius 2 is 2.19 bits per heavy atom. The summed E-state index contributed by atoms with van der Waals surface area (Å²) in [6, 6.07) is 7.09. The van der Waals surface area contributed by atoms with E-state index in [1.54, 1.807) is 36.4 Å². The van der Waals surface area contributed by atoms with Crippen molar-refractivity contribution in [2.75, 3.05) is 38.7 Å². The fourth-order valence-electron chi connectivity index (χ4n) is 3.77. The summed E-state index contributed by atoms with van der Waals surface area (Å²) >= 11 is 0. The van der Waals surface area contributed by atoms with Crippen LogP contribution in [0.25, 0.3) is 11.0 Å². The normalized spacial score (nSPS) is 18.4. The Morgan fingerprint density at radius 1 is 1.35 bits per heavy atom. The molecule has 1 saturated heterocycles. The average molecular weight is 425 g/mol. The number of anilines is 2. The lowest BCUT2D eigenvalue weighted by Crippen LogP contribution is -2.32. The summed E-state index contributed by atoms with van der Waals surface area (Å²) in [4.78, 5) is 26.7. The summed E-state index contributed by atoms with van der Waals surface area (Å²) in [7, 11) is 1.55. The summed E-state index contributed by atoms with van der Waals surface area (Å²) < 4.78 is 11.2. The molecule has 1 aliphatic rings. The number of H-pyrrole nitrogens is 1. The number of aromatic nitrogens is 3. The zero-order valence-corrected chi connectivity index (χ0v) is 17.9. The Balaban J connectivity index is 1.58. The summed E-state index contributed by atoms with van der Waals surface area (Å²) in [6.45, 7) is 5.61. The van der Waals surface area contributed by atoms with E-state index in [9.17, 15) is 9.90 Å². The number of nitrogens with zero attached hydrogens (tertiary/aromatic N) is 3. The number of aromatic amines is 1. The number of likely N-dealkylation sites (tertiary alicyclic amines) is 1. The number of ether oxygens (including phenoxy) is 2. The predicted molar refractivity (Wildman–Crippen MR) is 117 cm³/mol. The number of benzene rings is 1. The molecular weight excluding hydrogens is 398 g/mol. The van der Waals surface area contributed by atoms with Gasteiger partial charge in [-0.05, 0) is 37.6 Å². The zero-order chi connectivity index (χ0) is 22.0. The van der Waals surface area contributed by atoms with Crippen molar-refractivity contribution in [2.45, 2.75) is 20.3 Å². The molecule has 0 bridgehead atoms. The number of aliphatic hydroxyl groups is 1. The minimum absolute atomic E-state index is 0.0673. The van der Waals surface area contributed by atoms with Crippen LogP contribution >= 0.6 is 0 Å². The summed E-state index contributed by atoms with van der Waals surface area (Å²) in [5, 5.41) is 13.5. The average Bonchev–Trinajstić information content (AvgIpc) is 3.41. The minimum atomic E-state index is -0.243. The maximum atomic E-state index is 12.9. The van der Waals surface area contributed by atoms with Gasteiger partial charge in [0.15, 0.2) is 0 Å². The number of fused-ring (bicyclic) bond motifs is 1. The highest BCUT2D eigenvalue weighted by molar-refractivity contribution is 5.95. The van der Waals surface area contributed by atoms with E-state index in [0.717, 1.165) is 11.8 Å². The van der Waals surface area contributed by atoms with Crippen LogP contribution in [0.1, 0.15) is 30.6 Å². The van der Waals surface area contributed by atoms with Gasteiger partial charge in [-0.15, -0.1) is 0 Å². The van der Waals surface area contributed by atoms with Crippen LogP contribution in [0.15, 0.2) is 30.5 Å². The first-order valence-electron chi connectivity index (χ1n) is 10.3. The molecule has 2 aromatic heterocycles. The van der Waals surface area contributed by atoms with E-state index in [4.69, 9.17) is 9.47 Å². The fourth-order valence-corrected chi connectivity index (χ4v) is 3.77. The number of rotatable bonds is 7. The third-order valence-electron chi connectivity index (χ3n) is 5.58. The molecule has 9 nitrogen and oxygen atoms in total. The Morgan fingerprint density at radius 3 is 2.90 bits per heavy atom. The van der Waals surface area contributed by atoms with Gasteiger partial charge in [-0.3, -0.25) is 4.79 Å². The molecule has 164 valence electrons. The van der Waals surface area contributed by atoms with Crippen LogP contribution in [0.5, 0.6) is 11.6 Å². The van der Waals surface area contributed by atoms with Crippen LogP contribution in [0.3, 0.4) is 0 Å². The van der Waals surface area contributed by atoms with Crippen molar-refractivity contribution in [1.29, 1.82) is 0 Å². The van der Waals surface area contributed by atoms with Gasteiger partial charge in [0.2, 0.25) is 11.8 Å². The number of aliphatic hydroxyl groups excluding tert-OH is 1. The molecule has 9 heteroatoms. The van der Waals surface area contributed by atoms with Crippen molar-refractivity contribution in [3.05, 3.63) is 36.0 Å². The topological polar surface area (TPSA) is 113 Å². The van der Waals surface area contributed by atoms with E-state index < -0.39 is 0 Å². The second-order valence-corrected chi connectivity index (χ2v) is 8.01. The van der Waals surface area contributed by atoms with Gasteiger partial charge in [-0.25, -0.2) is 0 Å². The van der Waals surface area contributed by atoms with Gasteiger partial charge in [-0.2, -0.15) is 9.97 Å². The molecule has 4 rings (SSSR count). The Labute approximate surface area is 180 Å². The Kier molecular flexibility index (Phi) is 5.69. The number of carbonyl (C=O) groups excluding carboxylic acids is 1. The molecule has 0 aliphatic carbocycles. The van der Waals surface area contributed by atoms with E-state index in [2.05, 4.69) is 20.3 Å². The standard InChI is InChI=1S/C22H27N5O4/c1-4-31-19-15-7-9-23-18(15)25-21(26-19)24-16-6-5-14(11-17(16)30-3)20(29)27-10-8-22(2,12-27)13-28/h5-7,9,11,28H,4,8,10,12-13H2,1-3H3,(H2,23,24,25,26). The number of carbonyl (C=O) groups is 1. The molecule has 0 radical (unpaired) electrons. The van der Waals surface area contributed by atoms with Crippen molar-refractivity contribution < 1.29 is 19.4 Å². The van der Waals surface area contributed by atoms with Gasteiger partial charge in [0.05, 0.1) is 31.4 Å². The Bertz CT molecular complexity index is 1100. The van der Waals surface area contributed by atoms with Crippen LogP contribution in [-0.2, 0) is 0 Å². The molecule has 3 aromatic rings. The van der Waals surface area contributed by atoms with E-state index in [1.807, 2.05) is 19.9 Å². The van der Waals surface area contributed by atoms with E-state index >= 15 is 0 Å². The van der Waals surface area contributed by atoms with Crippen molar-refractivity contribution in [2.24, 2.45) is 5.41 Å². The molecule has 0 saturated carbocycles. The lowest BCUT2D eigenvalue weighted by atomic mass is 9.91. The third-order valence-corrected chi connectivity index (χ3v) is 5.58. The van der Waals surface area contributed by atoms with E-state index in [1.165, 1.54) is 0 Å². The van der Waals surface area contributed by atoms with Gasteiger partial charge >= 0.3 is 0 Å². The number of hydrogen-bond donors (Lipinski definition) is 3. The maximum Gasteiger partial charge on any atom is 0.254 e. The molecule has 1 fully saturated rings. The van der Waals surface area contributed by atoms with Crippen LogP contribution < -0.4 is 14.8 Å². The first kappa shape index (κ1) is 20.9. The second-order valence-electron chi connectivity index (χ2n) is 8.01. The molecule has 3 heterocycles. The van der Waals surface area contributed by atoms with Gasteiger partial charge in [0.25, 0.3) is 5.91 Å². The number of nitrogens with one attached hydrogen (secondary N) is 2. The van der Waals surface area contributed by atoms with Crippen molar-refractivity contribution in [3.63, 3.8) is 0 Å². The molecule has 0 spiro atoms. The van der Waals surface area contributed by atoms with Crippen LogP contribution in [0.2, 0.25) is 0 Å². The highest BCUT2D eigenvalue weighted by atomic mass is 16.5. The SMILES string of the molecule is CCOc1nc(Nc2ccc(C(=O)N3CCC(C)(CO)C3)cc2OC)nc2[nH]ccc12. The van der Waals surface area contributed by atoms with Gasteiger partial charge in [0, 0.05) is 30.3 Å². The second kappa shape index (κ2) is 8.43. The van der Waals surface area contributed by atoms with E-state index in [-0.39, 0.29) is 17.9 Å². The summed E-state index contributed by atoms with van der Waals surface area (Å²) in [5.41, 5.74) is 1.58. The zero-order valence-electron chi connectivity index (χ0n) is 17.9. The first-order valence-corrected chi connectivity index (χ1v) is 10.3. The lowest BCUT2D eigenvalue weighted by Gasteiger charge is -2.22. The molecule has 1 aromatic carbocycles. The van der Waals surface area contributed by atoms with Gasteiger partial charge in [-0.1, -0.05) is 6.92 Å². The lowest BCUT2D eigenvalue weighted by molar-refractivity contribution is 0.0753. The molecule has 31 heavy (non-hydrogen) atoms. The highest BCUT2D eigenvalue weighted by Gasteiger charge is 2.35. The van der Waals surface area contributed by atoms with E-state index in [0.29, 0.717) is 54.2 Å². The first-order chi connectivity index (χ1) is 15.0. The summed E-state index contributed by atoms with van der Waals surface area (Å²) in [5.74, 6) is 1.27. The molecule has 3 N–H and O–H groups in total. The van der Waals surface area contributed by atoms with Crippen LogP contribution in [0, 0.1) is 5.41 Å². The molecule has 1 amide bonds. The largest absolute Gasteiger partial charge is 0.495 e. The number of amides is 1. The maximum absolute atomic E-state index is 12.9. The fraction of sp³-hybridized carbons (Fsp3) is 0.409. The van der Waals surface area contributed by atoms with Gasteiger partial charge < -0.3 is 29.8 Å². The smallest absolute Gasteiger partial charge is 0.254 e. The summed E-state index contributed by atoms with van der Waals surface area (Å²) in [6.07, 6.45) is 2.57.